The van der Waals surface area contributed by atoms with Crippen molar-refractivity contribution in [3.05, 3.63) is 0 Å². The molecule has 0 radical (unpaired) electrons. The molecule has 2 unspecified atom stereocenters. The lowest BCUT2D eigenvalue weighted by atomic mass is 9.93. The largest absolute Gasteiger partial charge is 0.352 e. The average Bonchev–Trinajstić information content (AvgIpc) is 1.94. The highest BCUT2D eigenvalue weighted by atomic mass is 16.2. The first-order chi connectivity index (χ1) is 5.11. The highest BCUT2D eigenvalue weighted by Crippen LogP contribution is 2.14. The Bertz CT molecular complexity index is 156. The van der Waals surface area contributed by atoms with Gasteiger partial charge in [0.25, 0.3) is 0 Å². The maximum atomic E-state index is 11.1. The molecule has 3 nitrogen and oxygen atoms in total. The van der Waals surface area contributed by atoms with Crippen molar-refractivity contribution in [2.75, 3.05) is 0 Å². The molecule has 1 rings (SSSR count). The van der Waals surface area contributed by atoms with E-state index in [9.17, 15) is 4.79 Å². The summed E-state index contributed by atoms with van der Waals surface area (Å²) in [5, 5.41) is 2.90. The molecule has 11 heavy (non-hydrogen) atoms. The van der Waals surface area contributed by atoms with Crippen molar-refractivity contribution in [1.82, 2.24) is 5.32 Å². The highest BCUT2D eigenvalue weighted by Gasteiger charge is 2.26. The molecule has 1 saturated heterocycles. The summed E-state index contributed by atoms with van der Waals surface area (Å²) in [5.74, 6) is 0.529. The van der Waals surface area contributed by atoms with E-state index in [-0.39, 0.29) is 11.9 Å². The second-order valence-electron chi connectivity index (χ2n) is 3.54. The molecule has 64 valence electrons. The van der Waals surface area contributed by atoms with Gasteiger partial charge in [-0.3, -0.25) is 4.79 Å². The van der Waals surface area contributed by atoms with Crippen molar-refractivity contribution < 1.29 is 4.79 Å². The fraction of sp³-hybridized carbons (Fsp3) is 0.875. The molecule has 0 saturated carbocycles. The second kappa shape index (κ2) is 3.22. The fourth-order valence-electron chi connectivity index (χ4n) is 1.35. The summed E-state index contributed by atoms with van der Waals surface area (Å²) in [5.41, 5.74) is 5.53. The summed E-state index contributed by atoms with van der Waals surface area (Å²) >= 11 is 0. The quantitative estimate of drug-likeness (QED) is 0.571. The number of hydrogen-bond acceptors (Lipinski definition) is 2. The van der Waals surface area contributed by atoms with Gasteiger partial charge in [0, 0.05) is 6.04 Å². The van der Waals surface area contributed by atoms with Gasteiger partial charge in [-0.05, 0) is 18.8 Å². The van der Waals surface area contributed by atoms with E-state index in [0.29, 0.717) is 12.0 Å². The first kappa shape index (κ1) is 8.53. The van der Waals surface area contributed by atoms with Crippen molar-refractivity contribution in [2.45, 2.75) is 38.8 Å². The smallest absolute Gasteiger partial charge is 0.237 e. The minimum atomic E-state index is -0.273. The van der Waals surface area contributed by atoms with Crippen LogP contribution < -0.4 is 11.1 Å². The molecule has 0 spiro atoms. The summed E-state index contributed by atoms with van der Waals surface area (Å²) in [7, 11) is 0. The van der Waals surface area contributed by atoms with Crippen molar-refractivity contribution in [3.8, 4) is 0 Å². The zero-order valence-electron chi connectivity index (χ0n) is 7.13. The molecule has 0 aromatic carbocycles. The van der Waals surface area contributed by atoms with Crippen LogP contribution in [0.3, 0.4) is 0 Å². The highest BCUT2D eigenvalue weighted by molar-refractivity contribution is 5.82. The van der Waals surface area contributed by atoms with E-state index in [0.717, 1.165) is 12.8 Å². The maximum Gasteiger partial charge on any atom is 0.237 e. The van der Waals surface area contributed by atoms with Crippen LogP contribution in [0.4, 0.5) is 0 Å². The zero-order valence-corrected chi connectivity index (χ0v) is 7.13. The van der Waals surface area contributed by atoms with Crippen molar-refractivity contribution in [3.63, 3.8) is 0 Å². The lowest BCUT2D eigenvalue weighted by Crippen LogP contribution is -2.52. The number of nitrogens with two attached hydrogens (primary N) is 1. The van der Waals surface area contributed by atoms with E-state index >= 15 is 0 Å². The van der Waals surface area contributed by atoms with Crippen molar-refractivity contribution in [1.29, 1.82) is 0 Å². The maximum absolute atomic E-state index is 11.1. The van der Waals surface area contributed by atoms with E-state index in [1.807, 2.05) is 0 Å². The van der Waals surface area contributed by atoms with Crippen LogP contribution in [-0.2, 0) is 4.79 Å². The molecule has 1 amide bonds. The number of hydrogen-bond donors (Lipinski definition) is 2. The summed E-state index contributed by atoms with van der Waals surface area (Å²) < 4.78 is 0. The zero-order chi connectivity index (χ0) is 8.43. The van der Waals surface area contributed by atoms with Gasteiger partial charge in [0.1, 0.15) is 0 Å². The Morgan fingerprint density at radius 2 is 2.18 bits per heavy atom. The number of amides is 1. The minimum absolute atomic E-state index is 0.00921. The Hall–Kier alpha value is -0.570. The fourth-order valence-corrected chi connectivity index (χ4v) is 1.35. The molecule has 2 atom stereocenters. The van der Waals surface area contributed by atoms with E-state index in [1.54, 1.807) is 0 Å². The predicted octanol–water partition coefficient (Wildman–Crippen LogP) is 0.248. The number of carbonyl (C=O) groups excluding carboxylic acids is 1. The van der Waals surface area contributed by atoms with E-state index in [4.69, 9.17) is 5.73 Å². The van der Waals surface area contributed by atoms with Gasteiger partial charge in [-0.2, -0.15) is 0 Å². The van der Waals surface area contributed by atoms with Gasteiger partial charge in [0.05, 0.1) is 6.04 Å². The van der Waals surface area contributed by atoms with Gasteiger partial charge in [0.15, 0.2) is 0 Å². The van der Waals surface area contributed by atoms with Gasteiger partial charge in [-0.25, -0.2) is 0 Å². The molecule has 0 aliphatic carbocycles. The molecule has 0 bridgehead atoms. The summed E-state index contributed by atoms with van der Waals surface area (Å²) in [6.45, 7) is 4.23. The topological polar surface area (TPSA) is 55.1 Å². The van der Waals surface area contributed by atoms with Crippen LogP contribution in [0.1, 0.15) is 26.7 Å². The number of rotatable bonds is 1. The first-order valence-corrected chi connectivity index (χ1v) is 4.17. The number of nitrogens with one attached hydrogen (secondary N) is 1. The Labute approximate surface area is 67.3 Å². The molecule has 0 aromatic heterocycles. The molecule has 1 aliphatic heterocycles. The van der Waals surface area contributed by atoms with Crippen LogP contribution in [0, 0.1) is 5.92 Å². The van der Waals surface area contributed by atoms with Gasteiger partial charge in [-0.15, -0.1) is 0 Å². The Morgan fingerprint density at radius 3 is 2.64 bits per heavy atom. The first-order valence-electron chi connectivity index (χ1n) is 4.17. The normalized spacial score (nSPS) is 32.2. The monoisotopic (exact) mass is 156 g/mol. The Balaban J connectivity index is 2.46. The third-order valence-corrected chi connectivity index (χ3v) is 2.26. The molecule has 3 heteroatoms. The van der Waals surface area contributed by atoms with E-state index in [2.05, 4.69) is 19.2 Å². The molecule has 1 fully saturated rings. The summed E-state index contributed by atoms with van der Waals surface area (Å²) in [6.07, 6.45) is 1.85. The Morgan fingerprint density at radius 1 is 1.55 bits per heavy atom. The average molecular weight is 156 g/mol. The lowest BCUT2D eigenvalue weighted by Gasteiger charge is -2.29. The lowest BCUT2D eigenvalue weighted by molar-refractivity contribution is -0.125. The molecular weight excluding hydrogens is 140 g/mol. The molecular formula is C8H16N2O. The van der Waals surface area contributed by atoms with E-state index in [1.165, 1.54) is 0 Å². The van der Waals surface area contributed by atoms with Gasteiger partial charge in [-0.1, -0.05) is 13.8 Å². The van der Waals surface area contributed by atoms with Crippen LogP contribution in [0.5, 0.6) is 0 Å². The minimum Gasteiger partial charge on any atom is -0.352 e. The van der Waals surface area contributed by atoms with Gasteiger partial charge in [0.2, 0.25) is 5.91 Å². The summed E-state index contributed by atoms with van der Waals surface area (Å²) in [4.78, 5) is 11.1. The van der Waals surface area contributed by atoms with Crippen LogP contribution in [0.2, 0.25) is 0 Å². The van der Waals surface area contributed by atoms with Crippen LogP contribution in [0.15, 0.2) is 0 Å². The number of carbonyl (C=O) groups is 1. The summed E-state index contributed by atoms with van der Waals surface area (Å²) in [6, 6.07) is 0.0623. The van der Waals surface area contributed by atoms with Crippen LogP contribution in [-0.4, -0.2) is 18.0 Å². The van der Waals surface area contributed by atoms with Gasteiger partial charge >= 0.3 is 0 Å². The molecule has 1 aliphatic rings. The Kier molecular flexibility index (Phi) is 2.49. The van der Waals surface area contributed by atoms with Gasteiger partial charge < -0.3 is 11.1 Å². The third-order valence-electron chi connectivity index (χ3n) is 2.26. The molecule has 0 aromatic rings. The third kappa shape index (κ3) is 1.93. The second-order valence-corrected chi connectivity index (χ2v) is 3.54. The van der Waals surface area contributed by atoms with Crippen molar-refractivity contribution >= 4 is 5.91 Å². The predicted molar refractivity (Wildman–Crippen MR) is 44.0 cm³/mol. The van der Waals surface area contributed by atoms with Crippen molar-refractivity contribution in [2.24, 2.45) is 11.7 Å². The van der Waals surface area contributed by atoms with Crippen LogP contribution in [0.25, 0.3) is 0 Å². The van der Waals surface area contributed by atoms with E-state index < -0.39 is 0 Å². The molecule has 1 heterocycles. The SMILES string of the molecule is CC(C)C1CCC(N)C(=O)N1. The molecule has 3 N–H and O–H groups in total. The number of piperidine rings is 1. The van der Waals surface area contributed by atoms with Crippen LogP contribution >= 0.6 is 0 Å². The standard InChI is InChI=1S/C8H16N2O/c1-5(2)7-4-3-6(9)8(11)10-7/h5-7H,3-4,9H2,1-2H3,(H,10,11).